The summed E-state index contributed by atoms with van der Waals surface area (Å²) in [6.07, 6.45) is 8.87. The summed E-state index contributed by atoms with van der Waals surface area (Å²) in [5, 5.41) is 9.82. The van der Waals surface area contributed by atoms with Crippen molar-refractivity contribution >= 4 is 0 Å². The number of phenolic OH excluding ortho intramolecular Hbond substituents is 1. The van der Waals surface area contributed by atoms with Crippen LogP contribution in [0.15, 0.2) is 48.5 Å². The van der Waals surface area contributed by atoms with Gasteiger partial charge in [0, 0.05) is 5.56 Å². The van der Waals surface area contributed by atoms with Gasteiger partial charge in [0.1, 0.15) is 18.1 Å². The average molecular weight is 312 g/mol. The zero-order chi connectivity index (χ0) is 16.3. The molecule has 0 bridgehead atoms. The number of unbranched alkanes of at least 4 members (excludes halogenated alkanes) is 5. The topological polar surface area (TPSA) is 29.5 Å². The number of phenols is 1. The smallest absolute Gasteiger partial charge is 0.123 e. The lowest BCUT2D eigenvalue weighted by Crippen LogP contribution is -1.99. The minimum atomic E-state index is 0.293. The third-order valence-electron chi connectivity index (χ3n) is 4.15. The highest BCUT2D eigenvalue weighted by Gasteiger charge is 2.05. The molecule has 0 atom stereocenters. The molecular formula is C21H28O2. The summed E-state index contributed by atoms with van der Waals surface area (Å²) in [6, 6.07) is 15.6. The van der Waals surface area contributed by atoms with Crippen molar-refractivity contribution in [2.75, 3.05) is 0 Å². The monoisotopic (exact) mass is 312 g/mol. The maximum absolute atomic E-state index is 9.82. The standard InChI is InChI=1S/C21H28O2/c1-2-3-4-5-6-7-12-18-13-9-11-16-21(18)23-17-19-14-8-10-15-20(19)22/h8-11,13-16,22H,2-7,12,17H2,1H3. The summed E-state index contributed by atoms with van der Waals surface area (Å²) in [6.45, 7) is 2.65. The first kappa shape index (κ1) is 17.4. The lowest BCUT2D eigenvalue weighted by molar-refractivity contribution is 0.296. The predicted octanol–water partition coefficient (Wildman–Crippen LogP) is 5.87. The van der Waals surface area contributed by atoms with Gasteiger partial charge in [0.15, 0.2) is 0 Å². The number of ether oxygens (including phenoxy) is 1. The summed E-state index contributed by atoms with van der Waals surface area (Å²) in [7, 11) is 0. The molecule has 1 N–H and O–H groups in total. The van der Waals surface area contributed by atoms with E-state index in [1.54, 1.807) is 6.07 Å². The van der Waals surface area contributed by atoms with E-state index < -0.39 is 0 Å². The predicted molar refractivity (Wildman–Crippen MR) is 96.0 cm³/mol. The molecule has 0 aliphatic rings. The zero-order valence-electron chi connectivity index (χ0n) is 14.1. The average Bonchev–Trinajstić information content (AvgIpc) is 2.58. The van der Waals surface area contributed by atoms with Crippen molar-refractivity contribution < 1.29 is 9.84 Å². The van der Waals surface area contributed by atoms with Gasteiger partial charge in [-0.1, -0.05) is 75.4 Å². The van der Waals surface area contributed by atoms with Crippen LogP contribution in [0.3, 0.4) is 0 Å². The molecular weight excluding hydrogens is 284 g/mol. The third kappa shape index (κ3) is 5.97. The van der Waals surface area contributed by atoms with Crippen molar-refractivity contribution in [1.82, 2.24) is 0 Å². The van der Waals surface area contributed by atoms with Crippen LogP contribution < -0.4 is 4.74 Å². The summed E-state index contributed by atoms with van der Waals surface area (Å²) in [4.78, 5) is 0. The Bertz CT molecular complexity index is 578. The molecule has 0 saturated heterocycles. The molecule has 2 aromatic carbocycles. The molecule has 2 nitrogen and oxygen atoms in total. The minimum absolute atomic E-state index is 0.293. The molecule has 0 saturated carbocycles. The van der Waals surface area contributed by atoms with E-state index in [2.05, 4.69) is 19.1 Å². The van der Waals surface area contributed by atoms with Crippen molar-refractivity contribution in [1.29, 1.82) is 0 Å². The number of hydrogen-bond acceptors (Lipinski definition) is 2. The highest BCUT2D eigenvalue weighted by molar-refractivity contribution is 5.35. The summed E-state index contributed by atoms with van der Waals surface area (Å²) in [5.74, 6) is 1.23. The zero-order valence-corrected chi connectivity index (χ0v) is 14.1. The first-order chi connectivity index (χ1) is 11.3. The van der Waals surface area contributed by atoms with Gasteiger partial charge in [-0.05, 0) is 30.5 Å². The van der Waals surface area contributed by atoms with E-state index in [4.69, 9.17) is 4.74 Å². The van der Waals surface area contributed by atoms with E-state index in [0.29, 0.717) is 12.4 Å². The van der Waals surface area contributed by atoms with Crippen LogP contribution in [0, 0.1) is 0 Å². The van der Waals surface area contributed by atoms with Crippen LogP contribution in [0.2, 0.25) is 0 Å². The molecule has 0 heterocycles. The van der Waals surface area contributed by atoms with Crippen LogP contribution in [0.4, 0.5) is 0 Å². The van der Waals surface area contributed by atoms with Gasteiger partial charge in [-0.3, -0.25) is 0 Å². The Kier molecular flexibility index (Phi) is 7.51. The second-order valence-electron chi connectivity index (χ2n) is 6.04. The van der Waals surface area contributed by atoms with Gasteiger partial charge in [-0.2, -0.15) is 0 Å². The Morgan fingerprint density at radius 2 is 1.43 bits per heavy atom. The van der Waals surface area contributed by atoms with Gasteiger partial charge in [-0.15, -0.1) is 0 Å². The summed E-state index contributed by atoms with van der Waals surface area (Å²) in [5.41, 5.74) is 2.08. The van der Waals surface area contributed by atoms with E-state index in [-0.39, 0.29) is 0 Å². The molecule has 0 unspecified atom stereocenters. The molecule has 124 valence electrons. The highest BCUT2D eigenvalue weighted by Crippen LogP contribution is 2.24. The first-order valence-corrected chi connectivity index (χ1v) is 8.79. The van der Waals surface area contributed by atoms with Gasteiger partial charge >= 0.3 is 0 Å². The summed E-state index contributed by atoms with van der Waals surface area (Å²) < 4.78 is 5.94. The largest absolute Gasteiger partial charge is 0.508 e. The number of para-hydroxylation sites is 2. The SMILES string of the molecule is CCCCCCCCc1ccccc1OCc1ccccc1O. The molecule has 2 rings (SSSR count). The fourth-order valence-electron chi connectivity index (χ4n) is 2.74. The lowest BCUT2D eigenvalue weighted by Gasteiger charge is -2.12. The Morgan fingerprint density at radius 1 is 0.783 bits per heavy atom. The van der Waals surface area contributed by atoms with Gasteiger partial charge in [0.05, 0.1) is 0 Å². The van der Waals surface area contributed by atoms with E-state index in [1.165, 1.54) is 44.1 Å². The van der Waals surface area contributed by atoms with Crippen molar-refractivity contribution in [2.45, 2.75) is 58.5 Å². The van der Waals surface area contributed by atoms with E-state index in [9.17, 15) is 5.11 Å². The Labute approximate surface area is 140 Å². The normalized spacial score (nSPS) is 10.7. The van der Waals surface area contributed by atoms with Crippen LogP contribution in [-0.4, -0.2) is 5.11 Å². The molecule has 0 spiro atoms. The Balaban J connectivity index is 1.84. The van der Waals surface area contributed by atoms with E-state index >= 15 is 0 Å². The maximum Gasteiger partial charge on any atom is 0.123 e. The number of aryl methyl sites for hydroxylation is 1. The molecule has 2 heteroatoms. The molecule has 0 fully saturated rings. The van der Waals surface area contributed by atoms with Crippen LogP contribution in [0.1, 0.15) is 56.6 Å². The number of aromatic hydroxyl groups is 1. The Hall–Kier alpha value is -1.96. The van der Waals surface area contributed by atoms with Crippen molar-refractivity contribution in [3.05, 3.63) is 59.7 Å². The molecule has 0 aliphatic carbocycles. The third-order valence-corrected chi connectivity index (χ3v) is 4.15. The number of benzene rings is 2. The lowest BCUT2D eigenvalue weighted by atomic mass is 10.0. The van der Waals surface area contributed by atoms with E-state index in [0.717, 1.165) is 17.7 Å². The van der Waals surface area contributed by atoms with Gasteiger partial charge in [-0.25, -0.2) is 0 Å². The van der Waals surface area contributed by atoms with Gasteiger partial charge in [0.25, 0.3) is 0 Å². The molecule has 2 aromatic rings. The highest BCUT2D eigenvalue weighted by atomic mass is 16.5. The van der Waals surface area contributed by atoms with Crippen molar-refractivity contribution in [3.8, 4) is 11.5 Å². The van der Waals surface area contributed by atoms with Gasteiger partial charge in [0.2, 0.25) is 0 Å². The fourth-order valence-corrected chi connectivity index (χ4v) is 2.74. The molecule has 0 aromatic heterocycles. The van der Waals surface area contributed by atoms with Crippen LogP contribution in [0.5, 0.6) is 11.5 Å². The second-order valence-corrected chi connectivity index (χ2v) is 6.04. The number of hydrogen-bond donors (Lipinski definition) is 1. The number of rotatable bonds is 10. The van der Waals surface area contributed by atoms with Crippen LogP contribution in [-0.2, 0) is 13.0 Å². The Morgan fingerprint density at radius 3 is 2.22 bits per heavy atom. The maximum atomic E-state index is 9.82. The molecule has 0 radical (unpaired) electrons. The van der Waals surface area contributed by atoms with Crippen molar-refractivity contribution in [3.63, 3.8) is 0 Å². The van der Waals surface area contributed by atoms with E-state index in [1.807, 2.05) is 30.3 Å². The molecule has 0 aliphatic heterocycles. The summed E-state index contributed by atoms with van der Waals surface area (Å²) >= 11 is 0. The first-order valence-electron chi connectivity index (χ1n) is 8.79. The molecule has 23 heavy (non-hydrogen) atoms. The van der Waals surface area contributed by atoms with Crippen molar-refractivity contribution in [2.24, 2.45) is 0 Å². The fraction of sp³-hybridized carbons (Fsp3) is 0.429. The van der Waals surface area contributed by atoms with Gasteiger partial charge < -0.3 is 9.84 Å². The van der Waals surface area contributed by atoms with Crippen LogP contribution >= 0.6 is 0 Å². The quantitative estimate of drug-likeness (QED) is 0.556. The minimum Gasteiger partial charge on any atom is -0.508 e. The van der Waals surface area contributed by atoms with Crippen LogP contribution in [0.25, 0.3) is 0 Å². The molecule has 0 amide bonds. The second kappa shape index (κ2) is 9.94.